The lowest BCUT2D eigenvalue weighted by atomic mass is 9.78. The molecule has 2 amide bonds. The number of primary amides is 1. The second-order valence-corrected chi connectivity index (χ2v) is 9.02. The molecule has 0 radical (unpaired) electrons. The highest BCUT2D eigenvalue weighted by molar-refractivity contribution is 6.62. The quantitative estimate of drug-likeness (QED) is 0.614. The molecule has 0 spiro atoms. The molecule has 1 fully saturated rings. The van der Waals surface area contributed by atoms with E-state index < -0.39 is 42.3 Å². The molecular formula is C24H31BN2O5. The molecule has 2 aromatic carbocycles. The predicted octanol–water partition coefficient (Wildman–Crippen LogP) is 1.89. The van der Waals surface area contributed by atoms with Gasteiger partial charge in [0.1, 0.15) is 6.04 Å². The molecule has 1 saturated heterocycles. The molecule has 0 saturated carbocycles. The fraction of sp³-hybridized carbons (Fsp3) is 0.417. The van der Waals surface area contributed by atoms with E-state index in [-0.39, 0.29) is 6.42 Å². The van der Waals surface area contributed by atoms with Gasteiger partial charge in [0, 0.05) is 13.5 Å². The van der Waals surface area contributed by atoms with Gasteiger partial charge in [0.15, 0.2) is 6.10 Å². The minimum absolute atomic E-state index is 0.260. The second-order valence-electron chi connectivity index (χ2n) is 9.02. The maximum Gasteiger partial charge on any atom is 0.494 e. The molecule has 1 heterocycles. The van der Waals surface area contributed by atoms with Crippen molar-refractivity contribution >= 4 is 24.4 Å². The van der Waals surface area contributed by atoms with Crippen LogP contribution in [0.1, 0.15) is 44.9 Å². The van der Waals surface area contributed by atoms with Gasteiger partial charge >= 0.3 is 7.12 Å². The maximum atomic E-state index is 12.8. The van der Waals surface area contributed by atoms with Crippen LogP contribution in [0.3, 0.4) is 0 Å². The Labute approximate surface area is 189 Å². The first-order valence-electron chi connectivity index (χ1n) is 10.7. The molecule has 3 rings (SSSR count). The Balaban J connectivity index is 1.68. The molecule has 0 unspecified atom stereocenters. The number of methoxy groups -OCH3 is 1. The van der Waals surface area contributed by atoms with Crippen LogP contribution in [0.2, 0.25) is 0 Å². The van der Waals surface area contributed by atoms with Crippen LogP contribution in [0, 0.1) is 0 Å². The molecule has 170 valence electrons. The third-order valence-corrected chi connectivity index (χ3v) is 6.18. The first-order valence-corrected chi connectivity index (χ1v) is 10.7. The van der Waals surface area contributed by atoms with Gasteiger partial charge < -0.3 is 25.1 Å². The van der Waals surface area contributed by atoms with Crippen LogP contribution in [0.4, 0.5) is 0 Å². The number of benzene rings is 2. The lowest BCUT2D eigenvalue weighted by Gasteiger charge is -2.32. The van der Waals surface area contributed by atoms with Crippen LogP contribution in [0.15, 0.2) is 54.6 Å². The Kier molecular flexibility index (Phi) is 7.08. The van der Waals surface area contributed by atoms with Crippen LogP contribution < -0.4 is 16.5 Å². The standard InChI is InChI=1S/C24H31BN2O5/c1-23(2)24(3,4)32-25(31-23)18-13-11-16(12-14-18)15-19(21(26)28)27-22(29)20(30-5)17-9-7-6-8-10-17/h6-14,19-20H,15H2,1-5H3,(H2,26,28)(H,27,29)/t19-,20-/m0/s1. The van der Waals surface area contributed by atoms with Crippen LogP contribution in [0.25, 0.3) is 0 Å². The Morgan fingerprint density at radius 1 is 1.00 bits per heavy atom. The van der Waals surface area contributed by atoms with Crippen molar-refractivity contribution in [3.8, 4) is 0 Å². The van der Waals surface area contributed by atoms with Gasteiger partial charge in [-0.15, -0.1) is 0 Å². The van der Waals surface area contributed by atoms with Crippen molar-refractivity contribution in [1.82, 2.24) is 5.32 Å². The van der Waals surface area contributed by atoms with Gasteiger partial charge in [-0.1, -0.05) is 54.6 Å². The second kappa shape index (κ2) is 9.44. The summed E-state index contributed by atoms with van der Waals surface area (Å²) in [6.07, 6.45) is -0.570. The topological polar surface area (TPSA) is 99.9 Å². The van der Waals surface area contributed by atoms with E-state index in [9.17, 15) is 9.59 Å². The summed E-state index contributed by atoms with van der Waals surface area (Å²) < 4.78 is 17.5. The van der Waals surface area contributed by atoms with Gasteiger partial charge in [0.05, 0.1) is 11.2 Å². The van der Waals surface area contributed by atoms with E-state index >= 15 is 0 Å². The number of nitrogens with one attached hydrogen (secondary N) is 1. The monoisotopic (exact) mass is 438 g/mol. The lowest BCUT2D eigenvalue weighted by molar-refractivity contribution is -0.134. The van der Waals surface area contributed by atoms with Gasteiger partial charge in [0.2, 0.25) is 5.91 Å². The van der Waals surface area contributed by atoms with Crippen molar-refractivity contribution < 1.29 is 23.6 Å². The van der Waals surface area contributed by atoms with Crippen LogP contribution in [-0.4, -0.2) is 43.3 Å². The van der Waals surface area contributed by atoms with Gasteiger partial charge in [-0.05, 0) is 44.3 Å². The minimum Gasteiger partial charge on any atom is -0.399 e. The highest BCUT2D eigenvalue weighted by atomic mass is 16.7. The summed E-state index contributed by atoms with van der Waals surface area (Å²) in [5, 5.41) is 2.72. The Hall–Kier alpha value is -2.68. The maximum absolute atomic E-state index is 12.8. The Morgan fingerprint density at radius 2 is 1.56 bits per heavy atom. The molecule has 8 heteroatoms. The number of carbonyl (C=O) groups excluding carboxylic acids is 2. The summed E-state index contributed by atoms with van der Waals surface area (Å²) >= 11 is 0. The zero-order valence-electron chi connectivity index (χ0n) is 19.3. The number of carbonyl (C=O) groups is 2. The molecule has 1 aliphatic heterocycles. The molecule has 0 aliphatic carbocycles. The number of amides is 2. The van der Waals surface area contributed by atoms with Crippen molar-refractivity contribution in [3.05, 3.63) is 65.7 Å². The summed E-state index contributed by atoms with van der Waals surface area (Å²) in [6.45, 7) is 8.02. The summed E-state index contributed by atoms with van der Waals surface area (Å²) in [4.78, 5) is 24.8. The zero-order chi connectivity index (χ0) is 23.5. The number of hydrogen-bond acceptors (Lipinski definition) is 5. The summed E-state index contributed by atoms with van der Waals surface area (Å²) in [5.74, 6) is -1.03. The average molecular weight is 438 g/mol. The van der Waals surface area contributed by atoms with E-state index in [4.69, 9.17) is 19.8 Å². The third kappa shape index (κ3) is 5.20. The van der Waals surface area contributed by atoms with Gasteiger partial charge in [-0.2, -0.15) is 0 Å². The molecule has 1 aliphatic rings. The van der Waals surface area contributed by atoms with E-state index in [0.29, 0.717) is 5.56 Å². The zero-order valence-corrected chi connectivity index (χ0v) is 19.3. The van der Waals surface area contributed by atoms with Crippen LogP contribution in [0.5, 0.6) is 0 Å². The minimum atomic E-state index is -0.869. The highest BCUT2D eigenvalue weighted by Gasteiger charge is 2.51. The van der Waals surface area contributed by atoms with E-state index in [0.717, 1.165) is 11.0 Å². The molecule has 2 aromatic rings. The Bertz CT molecular complexity index is 931. The average Bonchev–Trinajstić information content (AvgIpc) is 2.96. The molecule has 7 nitrogen and oxygen atoms in total. The summed E-state index contributed by atoms with van der Waals surface area (Å²) in [5.41, 5.74) is 7.15. The number of rotatable bonds is 8. The van der Waals surface area contributed by atoms with Gasteiger partial charge in [0.25, 0.3) is 5.91 Å². The summed E-state index contributed by atoms with van der Waals surface area (Å²) in [6, 6.07) is 15.8. The molecule has 2 atom stereocenters. The van der Waals surface area contributed by atoms with Crippen molar-refractivity contribution in [1.29, 1.82) is 0 Å². The van der Waals surface area contributed by atoms with Crippen LogP contribution in [-0.2, 0) is 30.1 Å². The largest absolute Gasteiger partial charge is 0.494 e. The van der Waals surface area contributed by atoms with Crippen molar-refractivity contribution in [2.75, 3.05) is 7.11 Å². The lowest BCUT2D eigenvalue weighted by Crippen LogP contribution is -2.47. The van der Waals surface area contributed by atoms with Crippen molar-refractivity contribution in [2.45, 2.75) is 57.5 Å². The summed E-state index contributed by atoms with van der Waals surface area (Å²) in [7, 11) is 0.986. The number of hydrogen-bond donors (Lipinski definition) is 2. The molecule has 0 aromatic heterocycles. The van der Waals surface area contributed by atoms with Gasteiger partial charge in [-0.25, -0.2) is 0 Å². The van der Waals surface area contributed by atoms with Gasteiger partial charge in [-0.3, -0.25) is 9.59 Å². The fourth-order valence-corrected chi connectivity index (χ4v) is 3.52. The van der Waals surface area contributed by atoms with Crippen molar-refractivity contribution in [3.63, 3.8) is 0 Å². The first kappa shape index (κ1) is 24.0. The molecule has 32 heavy (non-hydrogen) atoms. The Morgan fingerprint density at radius 3 is 2.06 bits per heavy atom. The van der Waals surface area contributed by atoms with Crippen LogP contribution >= 0.6 is 0 Å². The smallest absolute Gasteiger partial charge is 0.399 e. The third-order valence-electron chi connectivity index (χ3n) is 6.18. The van der Waals surface area contributed by atoms with E-state index in [1.54, 1.807) is 12.1 Å². The fourth-order valence-electron chi connectivity index (χ4n) is 3.52. The van der Waals surface area contributed by atoms with Crippen molar-refractivity contribution in [2.24, 2.45) is 5.73 Å². The molecular weight excluding hydrogens is 407 g/mol. The highest BCUT2D eigenvalue weighted by Crippen LogP contribution is 2.36. The van der Waals surface area contributed by atoms with E-state index in [1.165, 1.54) is 7.11 Å². The number of nitrogens with two attached hydrogens (primary N) is 1. The molecule has 3 N–H and O–H groups in total. The van der Waals surface area contributed by atoms with E-state index in [1.807, 2.05) is 70.2 Å². The number of ether oxygens (including phenoxy) is 1. The molecule has 0 bridgehead atoms. The SMILES string of the molecule is CO[C@H](C(=O)N[C@@H](Cc1ccc(B2OC(C)(C)C(C)(C)O2)cc1)C(N)=O)c1ccccc1. The van der Waals surface area contributed by atoms with E-state index in [2.05, 4.69) is 5.32 Å². The predicted molar refractivity (Wildman–Crippen MR) is 123 cm³/mol. The first-order chi connectivity index (χ1) is 15.0. The normalized spacial score (nSPS) is 18.7.